The maximum absolute atomic E-state index is 4.27. The Bertz CT molecular complexity index is 752. The topological polar surface area (TPSA) is 12.4 Å². The quantitative estimate of drug-likeness (QED) is 0.717. The van der Waals surface area contributed by atoms with E-state index in [-0.39, 0.29) is 0 Å². The van der Waals surface area contributed by atoms with E-state index in [9.17, 15) is 0 Å². The van der Waals surface area contributed by atoms with Gasteiger partial charge in [0.1, 0.15) is 0 Å². The third-order valence-electron chi connectivity index (χ3n) is 4.74. The van der Waals surface area contributed by atoms with E-state index in [4.69, 9.17) is 0 Å². The molecule has 0 bridgehead atoms. The molecule has 2 aliphatic rings. The Labute approximate surface area is 131 Å². The van der Waals surface area contributed by atoms with E-state index in [1.165, 1.54) is 22.3 Å². The van der Waals surface area contributed by atoms with Crippen LogP contribution in [0.2, 0.25) is 0 Å². The number of benzene rings is 2. The number of aliphatic imine (C=N–C) groups is 1. The van der Waals surface area contributed by atoms with Crippen molar-refractivity contribution in [2.24, 2.45) is 4.99 Å². The zero-order valence-corrected chi connectivity index (χ0v) is 12.5. The molecule has 0 aromatic heterocycles. The van der Waals surface area contributed by atoms with Gasteiger partial charge in [-0.3, -0.25) is 4.99 Å². The van der Waals surface area contributed by atoms with Crippen LogP contribution in [0.4, 0.5) is 0 Å². The van der Waals surface area contributed by atoms with Crippen molar-refractivity contribution in [2.75, 3.05) is 0 Å². The summed E-state index contributed by atoms with van der Waals surface area (Å²) in [4.78, 5) is 4.27. The lowest BCUT2D eigenvalue weighted by atomic mass is 9.90. The van der Waals surface area contributed by atoms with Gasteiger partial charge in [0.25, 0.3) is 0 Å². The maximum Gasteiger partial charge on any atom is 0.0266 e. The number of hydrogen-bond acceptors (Lipinski definition) is 1. The lowest BCUT2D eigenvalue weighted by Gasteiger charge is -2.14. The Morgan fingerprint density at radius 3 is 2.36 bits per heavy atom. The number of rotatable bonds is 2. The Hall–Kier alpha value is -2.41. The lowest BCUT2D eigenvalue weighted by Crippen LogP contribution is -1.98. The molecule has 4 rings (SSSR count). The van der Waals surface area contributed by atoms with Crippen LogP contribution in [-0.4, -0.2) is 6.21 Å². The van der Waals surface area contributed by atoms with E-state index >= 15 is 0 Å². The van der Waals surface area contributed by atoms with Crippen LogP contribution < -0.4 is 0 Å². The molecule has 0 saturated heterocycles. The van der Waals surface area contributed by atoms with Crippen molar-refractivity contribution in [3.63, 3.8) is 0 Å². The van der Waals surface area contributed by atoms with Crippen molar-refractivity contribution in [2.45, 2.75) is 24.7 Å². The third-order valence-corrected chi connectivity index (χ3v) is 4.74. The standard InChI is InChI=1S/C21H19N/c1-2-7-16(8-3-1)20-15-21(17-9-6-13-22-14-12-17)19-11-5-4-10-18(19)20/h1-5,7-14,20-21H,6,15H2. The highest BCUT2D eigenvalue weighted by Gasteiger charge is 2.32. The fourth-order valence-corrected chi connectivity index (χ4v) is 3.72. The van der Waals surface area contributed by atoms with Crippen molar-refractivity contribution in [3.8, 4) is 0 Å². The van der Waals surface area contributed by atoms with Crippen LogP contribution in [0.3, 0.4) is 0 Å². The van der Waals surface area contributed by atoms with Gasteiger partial charge in [-0.15, -0.1) is 0 Å². The fourth-order valence-electron chi connectivity index (χ4n) is 3.72. The molecule has 2 atom stereocenters. The van der Waals surface area contributed by atoms with Crippen molar-refractivity contribution >= 4 is 6.21 Å². The minimum atomic E-state index is 0.486. The SMILES string of the molecule is C1=CC(C2CC(c3ccccc3)c3ccccc32)=CCC=N1. The van der Waals surface area contributed by atoms with Crippen molar-refractivity contribution in [3.05, 3.63) is 95.2 Å². The lowest BCUT2D eigenvalue weighted by molar-refractivity contribution is 0.713. The predicted octanol–water partition coefficient (Wildman–Crippen LogP) is 5.22. The highest BCUT2D eigenvalue weighted by Crippen LogP contribution is 2.48. The van der Waals surface area contributed by atoms with Gasteiger partial charge in [0, 0.05) is 30.7 Å². The molecule has 2 unspecified atom stereocenters. The molecule has 0 spiro atoms. The highest BCUT2D eigenvalue weighted by atomic mass is 14.7. The number of nitrogens with zero attached hydrogens (tertiary/aromatic N) is 1. The summed E-state index contributed by atoms with van der Waals surface area (Å²) in [7, 11) is 0. The molecular weight excluding hydrogens is 266 g/mol. The number of allylic oxidation sites excluding steroid dienone is 3. The van der Waals surface area contributed by atoms with E-state index in [1.54, 1.807) is 0 Å². The number of hydrogen-bond donors (Lipinski definition) is 0. The van der Waals surface area contributed by atoms with Gasteiger partial charge in [-0.05, 0) is 34.8 Å². The monoisotopic (exact) mass is 285 g/mol. The van der Waals surface area contributed by atoms with Crippen LogP contribution in [0, 0.1) is 0 Å². The summed E-state index contributed by atoms with van der Waals surface area (Å²) in [6.07, 6.45) is 10.5. The molecule has 1 aliphatic heterocycles. The van der Waals surface area contributed by atoms with Crippen molar-refractivity contribution in [1.82, 2.24) is 0 Å². The molecule has 108 valence electrons. The Kier molecular flexibility index (Phi) is 3.48. The molecule has 2 aromatic rings. The maximum atomic E-state index is 4.27. The first-order valence-corrected chi connectivity index (χ1v) is 7.95. The minimum Gasteiger partial charge on any atom is -0.269 e. The second kappa shape index (κ2) is 5.76. The molecule has 0 fully saturated rings. The summed E-state index contributed by atoms with van der Waals surface area (Å²) in [6.45, 7) is 0. The second-order valence-electron chi connectivity index (χ2n) is 5.97. The zero-order valence-electron chi connectivity index (χ0n) is 12.5. The summed E-state index contributed by atoms with van der Waals surface area (Å²) in [5, 5.41) is 0. The van der Waals surface area contributed by atoms with Crippen LogP contribution in [0.25, 0.3) is 0 Å². The minimum absolute atomic E-state index is 0.486. The van der Waals surface area contributed by atoms with Crippen LogP contribution in [0.15, 0.2) is 83.5 Å². The molecule has 0 radical (unpaired) electrons. The largest absolute Gasteiger partial charge is 0.269 e. The van der Waals surface area contributed by atoms with Gasteiger partial charge in [-0.25, -0.2) is 0 Å². The summed E-state index contributed by atoms with van der Waals surface area (Å²) < 4.78 is 0. The van der Waals surface area contributed by atoms with Gasteiger partial charge >= 0.3 is 0 Å². The van der Waals surface area contributed by atoms with Crippen LogP contribution in [-0.2, 0) is 0 Å². The van der Waals surface area contributed by atoms with Gasteiger partial charge < -0.3 is 0 Å². The summed E-state index contributed by atoms with van der Waals surface area (Å²) in [6, 6.07) is 19.8. The Morgan fingerprint density at radius 1 is 0.818 bits per heavy atom. The smallest absolute Gasteiger partial charge is 0.0266 e. The average molecular weight is 285 g/mol. The van der Waals surface area contributed by atoms with Crippen LogP contribution in [0.5, 0.6) is 0 Å². The van der Waals surface area contributed by atoms with Gasteiger partial charge in [0.2, 0.25) is 0 Å². The summed E-state index contributed by atoms with van der Waals surface area (Å²) >= 11 is 0. The van der Waals surface area contributed by atoms with Crippen LogP contribution >= 0.6 is 0 Å². The molecule has 1 heterocycles. The molecule has 2 aromatic carbocycles. The van der Waals surface area contributed by atoms with Crippen LogP contribution in [0.1, 0.15) is 41.4 Å². The van der Waals surface area contributed by atoms with E-state index < -0.39 is 0 Å². The first-order valence-electron chi connectivity index (χ1n) is 7.95. The molecule has 0 N–H and O–H groups in total. The zero-order chi connectivity index (χ0) is 14.8. The first kappa shape index (κ1) is 13.3. The fraction of sp³-hybridized carbons (Fsp3) is 0.190. The Morgan fingerprint density at radius 2 is 1.55 bits per heavy atom. The number of fused-ring (bicyclic) bond motifs is 1. The second-order valence-corrected chi connectivity index (χ2v) is 5.97. The van der Waals surface area contributed by atoms with E-state index in [0.29, 0.717) is 11.8 Å². The highest BCUT2D eigenvalue weighted by molar-refractivity contribution is 5.63. The van der Waals surface area contributed by atoms with E-state index in [0.717, 1.165) is 12.8 Å². The summed E-state index contributed by atoms with van der Waals surface area (Å²) in [5.41, 5.74) is 5.79. The molecule has 1 aliphatic carbocycles. The molecule has 22 heavy (non-hydrogen) atoms. The molecular formula is C21H19N. The van der Waals surface area contributed by atoms with Gasteiger partial charge in [0.05, 0.1) is 0 Å². The van der Waals surface area contributed by atoms with Gasteiger partial charge in [-0.2, -0.15) is 0 Å². The molecule has 0 saturated carbocycles. The Balaban J connectivity index is 1.76. The third kappa shape index (κ3) is 2.33. The summed E-state index contributed by atoms with van der Waals surface area (Å²) in [5.74, 6) is 0.986. The first-order chi connectivity index (χ1) is 10.9. The molecule has 1 heteroatoms. The van der Waals surface area contributed by atoms with Gasteiger partial charge in [-0.1, -0.05) is 60.7 Å². The van der Waals surface area contributed by atoms with Gasteiger partial charge in [0.15, 0.2) is 0 Å². The average Bonchev–Trinajstić information content (AvgIpc) is 2.76. The predicted molar refractivity (Wildman–Crippen MR) is 92.4 cm³/mol. The molecule has 1 nitrogen and oxygen atoms in total. The van der Waals surface area contributed by atoms with E-state index in [1.807, 2.05) is 12.4 Å². The normalized spacial score (nSPS) is 23.0. The molecule has 0 amide bonds. The van der Waals surface area contributed by atoms with E-state index in [2.05, 4.69) is 71.7 Å². The van der Waals surface area contributed by atoms with Crippen molar-refractivity contribution in [1.29, 1.82) is 0 Å². The van der Waals surface area contributed by atoms with Crippen molar-refractivity contribution < 1.29 is 0 Å².